The molecular weight excluding hydrogens is 380 g/mol. The van der Waals surface area contributed by atoms with Crippen LogP contribution in [0.5, 0.6) is 5.75 Å². The van der Waals surface area contributed by atoms with Gasteiger partial charge in [0.15, 0.2) is 5.75 Å². The molecule has 1 aromatic heterocycles. The van der Waals surface area contributed by atoms with Gasteiger partial charge in [-0.05, 0) is 36.2 Å². The number of aromatic amines is 1. The topological polar surface area (TPSA) is 90.7 Å². The SMILES string of the molecule is CN(C)c1ccc(CCN2CCN(c3nc4c(OC(N)=O)cccc4[nH]3)CC2)cc1. The third kappa shape index (κ3) is 4.49. The lowest BCUT2D eigenvalue weighted by Crippen LogP contribution is -2.47. The standard InChI is InChI=1S/C22H28N6O2/c1-26(2)17-8-6-16(7-9-17)10-11-27-12-14-28(15-13-27)22-24-18-4-3-5-19(20(18)25-22)30-21(23)29/h3-9H,10-15H2,1-2H3,(H2,23,29)(H,24,25). The number of carbonyl (C=O) groups excluding carboxylic acids is 1. The molecule has 0 saturated carbocycles. The van der Waals surface area contributed by atoms with Gasteiger partial charge in [0.25, 0.3) is 0 Å². The first-order valence-electron chi connectivity index (χ1n) is 10.2. The molecule has 0 bridgehead atoms. The van der Waals surface area contributed by atoms with Gasteiger partial charge in [-0.3, -0.25) is 4.90 Å². The predicted octanol–water partition coefficient (Wildman–Crippen LogP) is 2.45. The minimum atomic E-state index is -0.836. The zero-order chi connectivity index (χ0) is 21.1. The lowest BCUT2D eigenvalue weighted by molar-refractivity contribution is 0.211. The molecule has 0 unspecified atom stereocenters. The summed E-state index contributed by atoms with van der Waals surface area (Å²) in [7, 11) is 4.12. The molecule has 158 valence electrons. The fraction of sp³-hybridized carbons (Fsp3) is 0.364. The molecule has 2 heterocycles. The summed E-state index contributed by atoms with van der Waals surface area (Å²) >= 11 is 0. The molecule has 1 aliphatic rings. The van der Waals surface area contributed by atoms with Crippen molar-refractivity contribution in [3.05, 3.63) is 48.0 Å². The summed E-state index contributed by atoms with van der Waals surface area (Å²) in [5, 5.41) is 0. The number of nitrogens with one attached hydrogen (secondary N) is 1. The van der Waals surface area contributed by atoms with Gasteiger partial charge in [0.05, 0.1) is 5.52 Å². The Kier molecular flexibility index (Phi) is 5.76. The van der Waals surface area contributed by atoms with Crippen LogP contribution < -0.4 is 20.3 Å². The Labute approximate surface area is 176 Å². The Morgan fingerprint density at radius 2 is 1.87 bits per heavy atom. The normalized spacial score (nSPS) is 14.8. The van der Waals surface area contributed by atoms with E-state index in [9.17, 15) is 4.79 Å². The van der Waals surface area contributed by atoms with Crippen LogP contribution in [-0.2, 0) is 6.42 Å². The lowest BCUT2D eigenvalue weighted by atomic mass is 10.1. The van der Waals surface area contributed by atoms with Gasteiger partial charge >= 0.3 is 6.09 Å². The van der Waals surface area contributed by atoms with Crippen LogP contribution in [0.15, 0.2) is 42.5 Å². The molecular formula is C22H28N6O2. The molecule has 1 saturated heterocycles. The van der Waals surface area contributed by atoms with E-state index in [1.165, 1.54) is 11.3 Å². The second kappa shape index (κ2) is 8.62. The first kappa shape index (κ1) is 20.0. The molecule has 30 heavy (non-hydrogen) atoms. The van der Waals surface area contributed by atoms with Crippen molar-refractivity contribution >= 4 is 28.8 Å². The number of imidazole rings is 1. The number of fused-ring (bicyclic) bond motifs is 1. The number of nitrogens with two attached hydrogens (primary N) is 1. The zero-order valence-electron chi connectivity index (χ0n) is 17.5. The number of hydrogen-bond acceptors (Lipinski definition) is 6. The second-order valence-electron chi connectivity index (χ2n) is 7.77. The summed E-state index contributed by atoms with van der Waals surface area (Å²) in [5.74, 6) is 1.17. The quantitative estimate of drug-likeness (QED) is 0.651. The van der Waals surface area contributed by atoms with Gasteiger partial charge in [-0.1, -0.05) is 18.2 Å². The van der Waals surface area contributed by atoms with Crippen molar-refractivity contribution in [2.75, 3.05) is 56.6 Å². The highest BCUT2D eigenvalue weighted by Crippen LogP contribution is 2.26. The summed E-state index contributed by atoms with van der Waals surface area (Å²) in [5.41, 5.74) is 9.19. The Morgan fingerprint density at radius 3 is 2.53 bits per heavy atom. The maximum atomic E-state index is 11.1. The minimum absolute atomic E-state index is 0.376. The molecule has 1 amide bonds. The number of nitrogens with zero attached hydrogens (tertiary/aromatic N) is 4. The molecule has 3 N–H and O–H groups in total. The summed E-state index contributed by atoms with van der Waals surface area (Å²) in [6.07, 6.45) is 0.212. The number of para-hydroxylation sites is 1. The van der Waals surface area contributed by atoms with Crippen LogP contribution in [0.3, 0.4) is 0 Å². The van der Waals surface area contributed by atoms with E-state index in [4.69, 9.17) is 10.5 Å². The van der Waals surface area contributed by atoms with Gasteiger partial charge in [-0.15, -0.1) is 0 Å². The van der Waals surface area contributed by atoms with Crippen LogP contribution in [0, 0.1) is 0 Å². The molecule has 0 spiro atoms. The molecule has 0 aliphatic carbocycles. The first-order valence-corrected chi connectivity index (χ1v) is 10.2. The largest absolute Gasteiger partial charge is 0.410 e. The Morgan fingerprint density at radius 1 is 1.13 bits per heavy atom. The summed E-state index contributed by atoms with van der Waals surface area (Å²) in [6.45, 7) is 4.80. The highest BCUT2D eigenvalue weighted by Gasteiger charge is 2.20. The third-order valence-electron chi connectivity index (χ3n) is 5.52. The number of anilines is 2. The van der Waals surface area contributed by atoms with E-state index in [-0.39, 0.29) is 0 Å². The van der Waals surface area contributed by atoms with Crippen LogP contribution in [0.25, 0.3) is 11.0 Å². The number of H-pyrrole nitrogens is 1. The van der Waals surface area contributed by atoms with Gasteiger partial charge in [0.2, 0.25) is 5.95 Å². The van der Waals surface area contributed by atoms with Crippen molar-refractivity contribution < 1.29 is 9.53 Å². The number of benzene rings is 2. The molecule has 0 atom stereocenters. The van der Waals surface area contributed by atoms with E-state index in [0.717, 1.165) is 50.6 Å². The Balaban J connectivity index is 1.33. The van der Waals surface area contributed by atoms with Crippen LogP contribution in [0.4, 0.5) is 16.4 Å². The van der Waals surface area contributed by atoms with Gasteiger partial charge in [-0.25, -0.2) is 9.78 Å². The van der Waals surface area contributed by atoms with Gasteiger partial charge in [-0.2, -0.15) is 0 Å². The number of carbonyl (C=O) groups is 1. The monoisotopic (exact) mass is 408 g/mol. The number of hydrogen-bond donors (Lipinski definition) is 2. The molecule has 8 heteroatoms. The van der Waals surface area contributed by atoms with Crippen LogP contribution in [0.1, 0.15) is 5.56 Å². The predicted molar refractivity (Wildman–Crippen MR) is 119 cm³/mol. The van der Waals surface area contributed by atoms with E-state index < -0.39 is 6.09 Å². The van der Waals surface area contributed by atoms with E-state index >= 15 is 0 Å². The molecule has 1 aliphatic heterocycles. The number of ether oxygens (including phenoxy) is 1. The van der Waals surface area contributed by atoms with Gasteiger partial charge < -0.3 is 25.3 Å². The molecule has 2 aromatic carbocycles. The smallest absolute Gasteiger partial charge is 0.408 e. The molecule has 1 fully saturated rings. The van der Waals surface area contributed by atoms with Gasteiger partial charge in [0, 0.05) is 52.5 Å². The maximum Gasteiger partial charge on any atom is 0.410 e. The fourth-order valence-corrected chi connectivity index (χ4v) is 3.76. The number of piperazine rings is 1. The Hall–Kier alpha value is -3.26. The van der Waals surface area contributed by atoms with Crippen molar-refractivity contribution in [2.24, 2.45) is 5.73 Å². The van der Waals surface area contributed by atoms with Crippen molar-refractivity contribution in [1.82, 2.24) is 14.9 Å². The fourth-order valence-electron chi connectivity index (χ4n) is 3.76. The van der Waals surface area contributed by atoms with E-state index in [1.54, 1.807) is 6.07 Å². The highest BCUT2D eigenvalue weighted by atomic mass is 16.5. The highest BCUT2D eigenvalue weighted by molar-refractivity contribution is 5.86. The molecule has 4 rings (SSSR count). The van der Waals surface area contributed by atoms with Crippen molar-refractivity contribution in [3.8, 4) is 5.75 Å². The van der Waals surface area contributed by atoms with Crippen molar-refractivity contribution in [2.45, 2.75) is 6.42 Å². The number of amides is 1. The van der Waals surface area contributed by atoms with Crippen molar-refractivity contribution in [1.29, 1.82) is 0 Å². The maximum absolute atomic E-state index is 11.1. The Bertz CT molecular complexity index is 1010. The zero-order valence-corrected chi connectivity index (χ0v) is 17.5. The molecule has 0 radical (unpaired) electrons. The van der Waals surface area contributed by atoms with E-state index in [0.29, 0.717) is 11.3 Å². The van der Waals surface area contributed by atoms with E-state index in [2.05, 4.69) is 63.0 Å². The average molecular weight is 409 g/mol. The van der Waals surface area contributed by atoms with Crippen LogP contribution in [0.2, 0.25) is 0 Å². The van der Waals surface area contributed by atoms with Gasteiger partial charge in [0.1, 0.15) is 5.52 Å². The average Bonchev–Trinajstić information content (AvgIpc) is 3.18. The minimum Gasteiger partial charge on any atom is -0.408 e. The second-order valence-corrected chi connectivity index (χ2v) is 7.77. The van der Waals surface area contributed by atoms with E-state index in [1.807, 2.05) is 12.1 Å². The lowest BCUT2D eigenvalue weighted by Gasteiger charge is -2.34. The molecule has 3 aromatic rings. The summed E-state index contributed by atoms with van der Waals surface area (Å²) in [6, 6.07) is 14.2. The molecule has 8 nitrogen and oxygen atoms in total. The van der Waals surface area contributed by atoms with Crippen LogP contribution in [-0.4, -0.2) is 67.8 Å². The summed E-state index contributed by atoms with van der Waals surface area (Å²) < 4.78 is 5.07. The van der Waals surface area contributed by atoms with Crippen molar-refractivity contribution in [3.63, 3.8) is 0 Å². The number of rotatable bonds is 6. The first-order chi connectivity index (χ1) is 14.5. The number of primary amides is 1. The number of aromatic nitrogens is 2. The van der Waals surface area contributed by atoms with Crippen LogP contribution >= 0.6 is 0 Å². The summed E-state index contributed by atoms with van der Waals surface area (Å²) in [4.78, 5) is 25.9. The third-order valence-corrected chi connectivity index (χ3v) is 5.52.